The molecule has 4 aromatic rings. The number of hydrogen-bond donors (Lipinski definition) is 1. The maximum atomic E-state index is 11.0. The van der Waals surface area contributed by atoms with Crippen LogP contribution in [0.4, 0.5) is 11.4 Å². The Labute approximate surface area is 176 Å². The van der Waals surface area contributed by atoms with Crippen LogP contribution >= 0.6 is 0 Å². The molecule has 0 spiro atoms. The Hall–Kier alpha value is -3.98. The summed E-state index contributed by atoms with van der Waals surface area (Å²) in [5, 5.41) is 11.0. The van der Waals surface area contributed by atoms with Crippen LogP contribution in [-0.4, -0.2) is 5.11 Å². The second-order valence-corrected chi connectivity index (χ2v) is 7.26. The van der Waals surface area contributed by atoms with Gasteiger partial charge in [0.2, 0.25) is 0 Å². The number of benzene rings is 4. The lowest BCUT2D eigenvalue weighted by Gasteiger charge is -2.46. The van der Waals surface area contributed by atoms with Gasteiger partial charge in [-0.15, -0.1) is 0 Å². The van der Waals surface area contributed by atoms with Gasteiger partial charge in [0.15, 0.2) is 5.66 Å². The molecule has 0 saturated carbocycles. The standard InChI is InChI=1S/C27H22N2O/c30-26-19-11-10-18-25(26)27(22-12-4-1-5-13-22)28(23-14-6-2-7-15-23)20-21-29(27)24-16-8-3-9-17-24/h1-21,30H. The minimum absolute atomic E-state index is 0.256. The zero-order valence-corrected chi connectivity index (χ0v) is 16.5. The molecule has 1 heterocycles. The van der Waals surface area contributed by atoms with E-state index in [0.717, 1.165) is 22.5 Å². The van der Waals surface area contributed by atoms with Crippen molar-refractivity contribution in [3.63, 3.8) is 0 Å². The van der Waals surface area contributed by atoms with Crippen LogP contribution in [0.1, 0.15) is 11.1 Å². The van der Waals surface area contributed by atoms with E-state index in [1.54, 1.807) is 6.07 Å². The van der Waals surface area contributed by atoms with Crippen molar-refractivity contribution >= 4 is 11.4 Å². The number of phenolic OH excluding ortho intramolecular Hbond substituents is 1. The summed E-state index contributed by atoms with van der Waals surface area (Å²) in [7, 11) is 0. The zero-order valence-electron chi connectivity index (χ0n) is 16.5. The minimum Gasteiger partial charge on any atom is -0.507 e. The Balaban J connectivity index is 1.86. The molecule has 3 nitrogen and oxygen atoms in total. The smallest absolute Gasteiger partial charge is 0.177 e. The van der Waals surface area contributed by atoms with Gasteiger partial charge in [-0.1, -0.05) is 84.9 Å². The van der Waals surface area contributed by atoms with E-state index in [4.69, 9.17) is 0 Å². The molecule has 0 aliphatic carbocycles. The molecule has 0 radical (unpaired) electrons. The summed E-state index contributed by atoms with van der Waals surface area (Å²) in [5.74, 6) is 0.256. The fourth-order valence-electron chi connectivity index (χ4n) is 4.32. The Morgan fingerprint density at radius 3 is 1.43 bits per heavy atom. The largest absolute Gasteiger partial charge is 0.507 e. The molecule has 0 unspecified atom stereocenters. The third-order valence-corrected chi connectivity index (χ3v) is 5.59. The highest BCUT2D eigenvalue weighted by molar-refractivity contribution is 5.72. The van der Waals surface area contributed by atoms with E-state index < -0.39 is 5.66 Å². The topological polar surface area (TPSA) is 26.7 Å². The van der Waals surface area contributed by atoms with Crippen LogP contribution in [0.5, 0.6) is 5.75 Å². The first kappa shape index (κ1) is 18.1. The van der Waals surface area contributed by atoms with E-state index in [9.17, 15) is 5.11 Å². The first-order chi connectivity index (χ1) is 14.8. The zero-order chi connectivity index (χ0) is 20.4. The van der Waals surface area contributed by atoms with E-state index in [2.05, 4.69) is 58.6 Å². The molecule has 4 aromatic carbocycles. The molecule has 0 bridgehead atoms. The maximum absolute atomic E-state index is 11.0. The van der Waals surface area contributed by atoms with Crippen molar-refractivity contribution in [2.24, 2.45) is 0 Å². The van der Waals surface area contributed by atoms with Gasteiger partial charge in [-0.25, -0.2) is 0 Å². The summed E-state index contributed by atoms with van der Waals surface area (Å²) in [6.45, 7) is 0. The van der Waals surface area contributed by atoms with Gasteiger partial charge >= 0.3 is 0 Å². The van der Waals surface area contributed by atoms with E-state index in [1.165, 1.54) is 0 Å². The Bertz CT molecular complexity index is 1110. The summed E-state index contributed by atoms with van der Waals surface area (Å²) in [4.78, 5) is 4.45. The number of hydrogen-bond acceptors (Lipinski definition) is 3. The first-order valence-electron chi connectivity index (χ1n) is 10.0. The molecule has 0 saturated heterocycles. The van der Waals surface area contributed by atoms with Crippen LogP contribution in [-0.2, 0) is 5.66 Å². The molecule has 146 valence electrons. The van der Waals surface area contributed by atoms with Gasteiger partial charge in [-0.3, -0.25) is 0 Å². The number of nitrogens with zero attached hydrogens (tertiary/aromatic N) is 2. The van der Waals surface area contributed by atoms with Crippen molar-refractivity contribution in [2.75, 3.05) is 9.80 Å². The second-order valence-electron chi connectivity index (χ2n) is 7.26. The van der Waals surface area contributed by atoms with Crippen molar-refractivity contribution < 1.29 is 5.11 Å². The summed E-state index contributed by atoms with van der Waals surface area (Å²) in [5.41, 5.74) is 3.17. The predicted octanol–water partition coefficient (Wildman–Crippen LogP) is 6.09. The van der Waals surface area contributed by atoms with Crippen molar-refractivity contribution in [3.8, 4) is 5.75 Å². The summed E-state index contributed by atoms with van der Waals surface area (Å²) >= 11 is 0. The Morgan fingerprint density at radius 1 is 0.500 bits per heavy atom. The summed E-state index contributed by atoms with van der Waals surface area (Å²) in [6, 6.07) is 38.5. The highest BCUT2D eigenvalue weighted by Crippen LogP contribution is 2.50. The average molecular weight is 390 g/mol. The molecule has 0 atom stereocenters. The summed E-state index contributed by atoms with van der Waals surface area (Å²) in [6.07, 6.45) is 4.17. The fraction of sp³-hybridized carbons (Fsp3) is 0.0370. The van der Waals surface area contributed by atoms with Crippen molar-refractivity contribution in [1.29, 1.82) is 0 Å². The summed E-state index contributed by atoms with van der Waals surface area (Å²) < 4.78 is 0. The Kier molecular flexibility index (Phi) is 4.49. The van der Waals surface area contributed by atoms with E-state index in [0.29, 0.717) is 0 Å². The van der Waals surface area contributed by atoms with Gasteiger partial charge in [0.25, 0.3) is 0 Å². The molecular weight excluding hydrogens is 368 g/mol. The van der Waals surface area contributed by atoms with Crippen LogP contribution in [0.25, 0.3) is 0 Å². The van der Waals surface area contributed by atoms with Crippen molar-refractivity contribution in [2.45, 2.75) is 5.66 Å². The third-order valence-electron chi connectivity index (χ3n) is 5.59. The lowest BCUT2D eigenvalue weighted by Crippen LogP contribution is -2.52. The maximum Gasteiger partial charge on any atom is 0.177 e. The molecule has 3 heteroatoms. The van der Waals surface area contributed by atoms with E-state index >= 15 is 0 Å². The number of phenols is 1. The van der Waals surface area contributed by atoms with Crippen LogP contribution in [0.3, 0.4) is 0 Å². The molecule has 5 rings (SSSR count). The number of rotatable bonds is 4. The van der Waals surface area contributed by atoms with Gasteiger partial charge < -0.3 is 14.9 Å². The van der Waals surface area contributed by atoms with Crippen LogP contribution in [0.2, 0.25) is 0 Å². The molecule has 0 aromatic heterocycles. The van der Waals surface area contributed by atoms with E-state index in [-0.39, 0.29) is 5.75 Å². The predicted molar refractivity (Wildman–Crippen MR) is 122 cm³/mol. The Morgan fingerprint density at radius 2 is 0.933 bits per heavy atom. The quantitative estimate of drug-likeness (QED) is 0.457. The normalized spacial score (nSPS) is 14.8. The number of anilines is 2. The van der Waals surface area contributed by atoms with Crippen molar-refractivity contribution in [1.82, 2.24) is 0 Å². The average Bonchev–Trinajstić information content (AvgIpc) is 3.22. The van der Waals surface area contributed by atoms with Gasteiger partial charge in [0.1, 0.15) is 5.75 Å². The number of aromatic hydroxyl groups is 1. The molecule has 0 fully saturated rings. The van der Waals surface area contributed by atoms with E-state index in [1.807, 2.05) is 72.8 Å². The fourth-order valence-corrected chi connectivity index (χ4v) is 4.32. The second kappa shape index (κ2) is 7.45. The highest BCUT2D eigenvalue weighted by Gasteiger charge is 2.49. The number of para-hydroxylation sites is 3. The van der Waals surface area contributed by atoms with Crippen LogP contribution in [0, 0.1) is 0 Å². The first-order valence-corrected chi connectivity index (χ1v) is 10.0. The molecule has 30 heavy (non-hydrogen) atoms. The van der Waals surface area contributed by atoms with Crippen molar-refractivity contribution in [3.05, 3.63) is 139 Å². The van der Waals surface area contributed by atoms with Gasteiger partial charge in [0, 0.05) is 34.9 Å². The molecule has 1 aliphatic heterocycles. The van der Waals surface area contributed by atoms with Crippen LogP contribution in [0.15, 0.2) is 128 Å². The third kappa shape index (κ3) is 2.75. The van der Waals surface area contributed by atoms with Gasteiger partial charge in [-0.05, 0) is 30.3 Å². The SMILES string of the molecule is Oc1ccccc1C1(c2ccccc2)N(c2ccccc2)C=CN1c1ccccc1. The lowest BCUT2D eigenvalue weighted by atomic mass is 9.87. The molecule has 1 aliphatic rings. The highest BCUT2D eigenvalue weighted by atomic mass is 16.3. The molecular formula is C27H22N2O. The lowest BCUT2D eigenvalue weighted by molar-refractivity contribution is 0.441. The molecule has 1 N–H and O–H groups in total. The monoisotopic (exact) mass is 390 g/mol. The van der Waals surface area contributed by atoms with Gasteiger partial charge in [-0.2, -0.15) is 0 Å². The van der Waals surface area contributed by atoms with Gasteiger partial charge in [0.05, 0.1) is 0 Å². The molecule has 0 amide bonds. The van der Waals surface area contributed by atoms with Crippen LogP contribution < -0.4 is 9.80 Å². The minimum atomic E-state index is -0.782.